The minimum absolute atomic E-state index is 0.234. The quantitative estimate of drug-likeness (QED) is 0.842. The van der Waals surface area contributed by atoms with Gasteiger partial charge in [0, 0.05) is 11.6 Å². The number of hydrogen-bond donors (Lipinski definition) is 1. The number of sulfonamides is 1. The lowest BCUT2D eigenvalue weighted by Crippen LogP contribution is -2.24. The Kier molecular flexibility index (Phi) is 5.11. The molecule has 0 unspecified atom stereocenters. The van der Waals surface area contributed by atoms with Crippen molar-refractivity contribution in [3.63, 3.8) is 0 Å². The maximum atomic E-state index is 12.1. The van der Waals surface area contributed by atoms with E-state index in [1.54, 1.807) is 12.1 Å². The molecule has 0 bridgehead atoms. The van der Waals surface area contributed by atoms with Gasteiger partial charge in [-0.3, -0.25) is 4.72 Å². The lowest BCUT2D eigenvalue weighted by atomic mass is 9.91. The maximum absolute atomic E-state index is 12.1. The van der Waals surface area contributed by atoms with E-state index in [1.165, 1.54) is 6.42 Å². The first-order chi connectivity index (χ1) is 9.09. The second-order valence-electron chi connectivity index (χ2n) is 5.22. The number of rotatable bonds is 5. The standard InChI is InChI=1S/C14H20ClNO2S/c15-10-13-7-4-8-14(9-13)16-19(17,18)11-12-5-2-1-3-6-12/h4,7-9,12,16H,1-3,5-6,10-11H2. The second kappa shape index (κ2) is 6.62. The highest BCUT2D eigenvalue weighted by molar-refractivity contribution is 7.92. The molecule has 0 spiro atoms. The number of nitrogens with one attached hydrogen (secondary N) is 1. The van der Waals surface area contributed by atoms with Crippen LogP contribution < -0.4 is 4.72 Å². The van der Waals surface area contributed by atoms with Crippen LogP contribution >= 0.6 is 11.6 Å². The summed E-state index contributed by atoms with van der Waals surface area (Å²) in [5.41, 5.74) is 1.52. The largest absolute Gasteiger partial charge is 0.284 e. The molecule has 0 saturated heterocycles. The molecule has 1 aliphatic carbocycles. The van der Waals surface area contributed by atoms with Gasteiger partial charge in [0.25, 0.3) is 0 Å². The summed E-state index contributed by atoms with van der Waals surface area (Å²) in [6.07, 6.45) is 5.61. The van der Waals surface area contributed by atoms with Crippen LogP contribution in [0.15, 0.2) is 24.3 Å². The third kappa shape index (κ3) is 4.69. The molecule has 0 radical (unpaired) electrons. The lowest BCUT2D eigenvalue weighted by molar-refractivity contribution is 0.385. The fraction of sp³-hybridized carbons (Fsp3) is 0.571. The fourth-order valence-electron chi connectivity index (χ4n) is 2.60. The van der Waals surface area contributed by atoms with E-state index in [0.29, 0.717) is 17.5 Å². The van der Waals surface area contributed by atoms with Gasteiger partial charge in [0.05, 0.1) is 5.75 Å². The summed E-state index contributed by atoms with van der Waals surface area (Å²) < 4.78 is 26.9. The molecular formula is C14H20ClNO2S. The van der Waals surface area contributed by atoms with Crippen molar-refractivity contribution >= 4 is 27.3 Å². The molecule has 1 aromatic rings. The molecule has 0 atom stereocenters. The number of alkyl halides is 1. The van der Waals surface area contributed by atoms with Crippen LogP contribution in [-0.4, -0.2) is 14.2 Å². The first-order valence-electron chi connectivity index (χ1n) is 6.74. The third-order valence-corrected chi connectivity index (χ3v) is 5.30. The second-order valence-corrected chi connectivity index (χ2v) is 7.26. The van der Waals surface area contributed by atoms with E-state index in [-0.39, 0.29) is 5.75 Å². The van der Waals surface area contributed by atoms with Crippen LogP contribution in [-0.2, 0) is 15.9 Å². The molecule has 0 amide bonds. The van der Waals surface area contributed by atoms with Crippen molar-refractivity contribution in [3.8, 4) is 0 Å². The minimum Gasteiger partial charge on any atom is -0.284 e. The van der Waals surface area contributed by atoms with Crippen LogP contribution in [0.2, 0.25) is 0 Å². The first-order valence-corrected chi connectivity index (χ1v) is 8.93. The molecule has 0 aliphatic heterocycles. The molecule has 2 rings (SSSR count). The maximum Gasteiger partial charge on any atom is 0.232 e. The average Bonchev–Trinajstić information content (AvgIpc) is 2.39. The van der Waals surface area contributed by atoms with E-state index in [1.807, 2.05) is 12.1 Å². The van der Waals surface area contributed by atoms with Crippen molar-refractivity contribution in [2.45, 2.75) is 38.0 Å². The van der Waals surface area contributed by atoms with Gasteiger partial charge in [-0.15, -0.1) is 11.6 Å². The molecule has 1 aliphatic rings. The van der Waals surface area contributed by atoms with Gasteiger partial charge in [0.2, 0.25) is 10.0 Å². The van der Waals surface area contributed by atoms with Gasteiger partial charge in [0.1, 0.15) is 0 Å². The molecule has 0 aromatic heterocycles. The molecule has 1 N–H and O–H groups in total. The molecule has 3 nitrogen and oxygen atoms in total. The Balaban J connectivity index is 1.99. The lowest BCUT2D eigenvalue weighted by Gasteiger charge is -2.21. The highest BCUT2D eigenvalue weighted by Crippen LogP contribution is 2.25. The predicted molar refractivity (Wildman–Crippen MR) is 80.0 cm³/mol. The highest BCUT2D eigenvalue weighted by Gasteiger charge is 2.21. The zero-order valence-corrected chi connectivity index (χ0v) is 12.5. The highest BCUT2D eigenvalue weighted by atomic mass is 35.5. The molecule has 1 aromatic carbocycles. The summed E-state index contributed by atoms with van der Waals surface area (Å²) in [5, 5.41) is 0. The van der Waals surface area contributed by atoms with Crippen molar-refractivity contribution in [1.29, 1.82) is 0 Å². The fourth-order valence-corrected chi connectivity index (χ4v) is 4.29. The molecule has 19 heavy (non-hydrogen) atoms. The van der Waals surface area contributed by atoms with Crippen LogP contribution in [0.4, 0.5) is 5.69 Å². The summed E-state index contributed by atoms with van der Waals surface area (Å²) in [4.78, 5) is 0. The smallest absolute Gasteiger partial charge is 0.232 e. The van der Waals surface area contributed by atoms with Gasteiger partial charge in [-0.2, -0.15) is 0 Å². The van der Waals surface area contributed by atoms with Crippen LogP contribution in [0, 0.1) is 5.92 Å². The van der Waals surface area contributed by atoms with E-state index in [0.717, 1.165) is 31.2 Å². The van der Waals surface area contributed by atoms with Gasteiger partial charge in [-0.25, -0.2) is 8.42 Å². The van der Waals surface area contributed by atoms with Crippen LogP contribution in [0.25, 0.3) is 0 Å². The summed E-state index contributed by atoms with van der Waals surface area (Å²) in [5.74, 6) is 0.929. The van der Waals surface area contributed by atoms with Crippen molar-refractivity contribution in [3.05, 3.63) is 29.8 Å². The zero-order valence-electron chi connectivity index (χ0n) is 10.9. The molecular weight excluding hydrogens is 282 g/mol. The Hall–Kier alpha value is -0.740. The van der Waals surface area contributed by atoms with Gasteiger partial charge in [0.15, 0.2) is 0 Å². The number of benzene rings is 1. The van der Waals surface area contributed by atoms with Crippen molar-refractivity contribution in [2.24, 2.45) is 5.92 Å². The Morgan fingerprint density at radius 2 is 1.95 bits per heavy atom. The zero-order chi connectivity index (χ0) is 13.7. The number of hydrogen-bond acceptors (Lipinski definition) is 2. The Bertz CT molecular complexity index is 510. The Labute approximate surface area is 120 Å². The van der Waals surface area contributed by atoms with Crippen LogP contribution in [0.3, 0.4) is 0 Å². The van der Waals surface area contributed by atoms with E-state index in [9.17, 15) is 8.42 Å². The van der Waals surface area contributed by atoms with Gasteiger partial charge < -0.3 is 0 Å². The minimum atomic E-state index is -3.25. The predicted octanol–water partition coefficient (Wildman–Crippen LogP) is 3.75. The third-order valence-electron chi connectivity index (χ3n) is 3.53. The van der Waals surface area contributed by atoms with Crippen LogP contribution in [0.5, 0.6) is 0 Å². The van der Waals surface area contributed by atoms with E-state index < -0.39 is 10.0 Å². The normalized spacial score (nSPS) is 17.3. The van der Waals surface area contributed by atoms with Crippen molar-refractivity contribution in [2.75, 3.05) is 10.5 Å². The molecule has 1 saturated carbocycles. The Morgan fingerprint density at radius 3 is 2.63 bits per heavy atom. The molecule has 5 heteroatoms. The average molecular weight is 302 g/mol. The van der Waals surface area contributed by atoms with Crippen LogP contribution in [0.1, 0.15) is 37.7 Å². The van der Waals surface area contributed by atoms with E-state index in [4.69, 9.17) is 11.6 Å². The SMILES string of the molecule is O=S(=O)(CC1CCCCC1)Nc1cccc(CCl)c1. The summed E-state index contributed by atoms with van der Waals surface area (Å²) >= 11 is 5.75. The summed E-state index contributed by atoms with van der Waals surface area (Å²) in [6.45, 7) is 0. The Morgan fingerprint density at radius 1 is 1.21 bits per heavy atom. The molecule has 1 fully saturated rings. The van der Waals surface area contributed by atoms with Gasteiger partial charge in [-0.05, 0) is 36.5 Å². The first kappa shape index (κ1) is 14.7. The van der Waals surface area contributed by atoms with Gasteiger partial charge >= 0.3 is 0 Å². The van der Waals surface area contributed by atoms with E-state index in [2.05, 4.69) is 4.72 Å². The number of anilines is 1. The van der Waals surface area contributed by atoms with Gasteiger partial charge in [-0.1, -0.05) is 31.4 Å². The monoisotopic (exact) mass is 301 g/mol. The topological polar surface area (TPSA) is 46.2 Å². The number of halogens is 1. The van der Waals surface area contributed by atoms with Crippen molar-refractivity contribution < 1.29 is 8.42 Å². The van der Waals surface area contributed by atoms with Crippen molar-refractivity contribution in [1.82, 2.24) is 0 Å². The van der Waals surface area contributed by atoms with E-state index >= 15 is 0 Å². The molecule has 106 valence electrons. The summed E-state index contributed by atoms with van der Waals surface area (Å²) in [7, 11) is -3.25. The summed E-state index contributed by atoms with van der Waals surface area (Å²) in [6, 6.07) is 7.24. The molecule has 0 heterocycles.